The van der Waals surface area contributed by atoms with Gasteiger partial charge in [-0.2, -0.15) is 13.2 Å². The molecule has 6 nitrogen and oxygen atoms in total. The van der Waals surface area contributed by atoms with E-state index in [-0.39, 0.29) is 11.3 Å². The molecule has 0 unspecified atom stereocenters. The minimum atomic E-state index is -4.68. The molecule has 170 valence electrons. The van der Waals surface area contributed by atoms with Crippen molar-refractivity contribution in [2.45, 2.75) is 30.6 Å². The molecule has 3 fully saturated rings. The van der Waals surface area contributed by atoms with Crippen molar-refractivity contribution in [3.63, 3.8) is 0 Å². The number of nitrogens with one attached hydrogen (secondary N) is 1. The minimum absolute atomic E-state index is 0.112. The van der Waals surface area contributed by atoms with Crippen LogP contribution in [0.3, 0.4) is 0 Å². The average molecular weight is 476 g/mol. The van der Waals surface area contributed by atoms with Gasteiger partial charge in [0, 0.05) is 16.6 Å². The summed E-state index contributed by atoms with van der Waals surface area (Å²) in [5.41, 5.74) is -2.51. The lowest BCUT2D eigenvalue weighted by atomic mass is 9.75. The first kappa shape index (κ1) is 20.7. The average Bonchev–Trinajstić information content (AvgIpc) is 3.46. The minimum Gasteiger partial charge on any atom is -0.323 e. The van der Waals surface area contributed by atoms with Crippen molar-refractivity contribution in [1.82, 2.24) is 4.90 Å². The number of imide groups is 1. The smallest absolute Gasteiger partial charge is 0.323 e. The van der Waals surface area contributed by atoms with E-state index < -0.39 is 52.9 Å². The lowest BCUT2D eigenvalue weighted by Crippen LogP contribution is -2.54. The molecule has 4 atom stereocenters. The summed E-state index contributed by atoms with van der Waals surface area (Å²) in [6.45, 7) is 0.419. The van der Waals surface area contributed by atoms with E-state index >= 15 is 0 Å². The molecule has 4 heterocycles. The number of para-hydroxylation sites is 1. The number of fused-ring (bicyclic) bond motifs is 7. The molecule has 1 spiro atoms. The number of rotatable bonds is 1. The van der Waals surface area contributed by atoms with Crippen LogP contribution in [-0.2, 0) is 26.1 Å². The fourth-order valence-electron chi connectivity index (χ4n) is 6.31. The Kier molecular flexibility index (Phi) is 4.12. The maximum Gasteiger partial charge on any atom is 0.418 e. The fraction of sp³-hybridized carbons (Fsp3) is 0.348. The van der Waals surface area contributed by atoms with E-state index in [1.165, 1.54) is 12.1 Å². The number of anilines is 2. The van der Waals surface area contributed by atoms with Crippen LogP contribution in [0.25, 0.3) is 0 Å². The standard InChI is InChI=1S/C23H17ClF3N3O3/c24-11-6-8-12(9-7-11)30-19(31)16-15-5-2-10-29(15)22(17(16)20(30)32)13-3-1-4-14(23(25,26)27)18(13)28-21(22)33/h1,3-4,6-9,15-17H,2,5,10H2,(H,28,33)/t15-,16+,17+,22-/m0/s1. The molecule has 0 bridgehead atoms. The van der Waals surface area contributed by atoms with Crippen LogP contribution in [0.15, 0.2) is 42.5 Å². The van der Waals surface area contributed by atoms with Crippen LogP contribution >= 0.6 is 11.6 Å². The second-order valence-electron chi connectivity index (χ2n) is 8.84. The largest absolute Gasteiger partial charge is 0.418 e. The number of benzene rings is 2. The first-order valence-electron chi connectivity index (χ1n) is 10.6. The van der Waals surface area contributed by atoms with Crippen molar-refractivity contribution in [3.8, 4) is 0 Å². The summed E-state index contributed by atoms with van der Waals surface area (Å²) in [6, 6.07) is 9.41. The first-order valence-corrected chi connectivity index (χ1v) is 11.0. The highest BCUT2D eigenvalue weighted by Gasteiger charge is 2.75. The number of amides is 3. The molecule has 0 radical (unpaired) electrons. The van der Waals surface area contributed by atoms with E-state index in [2.05, 4.69) is 5.32 Å². The van der Waals surface area contributed by atoms with Gasteiger partial charge in [0.1, 0.15) is 5.54 Å². The molecule has 4 aliphatic rings. The van der Waals surface area contributed by atoms with Gasteiger partial charge in [0.05, 0.1) is 28.8 Å². The van der Waals surface area contributed by atoms with Gasteiger partial charge in [0.15, 0.2) is 0 Å². The molecule has 0 aromatic heterocycles. The molecular formula is C23H17ClF3N3O3. The third kappa shape index (κ3) is 2.46. The number of halogens is 4. The van der Waals surface area contributed by atoms with Gasteiger partial charge >= 0.3 is 6.18 Å². The van der Waals surface area contributed by atoms with Gasteiger partial charge < -0.3 is 5.32 Å². The Morgan fingerprint density at radius 1 is 1.03 bits per heavy atom. The molecule has 4 aliphatic heterocycles. The Bertz CT molecular complexity index is 1230. The normalized spacial score (nSPS) is 30.7. The summed E-state index contributed by atoms with van der Waals surface area (Å²) in [5.74, 6) is -3.64. The number of hydrogen-bond donors (Lipinski definition) is 1. The molecular weight excluding hydrogens is 459 g/mol. The van der Waals surface area contributed by atoms with Crippen molar-refractivity contribution in [1.29, 1.82) is 0 Å². The summed E-state index contributed by atoms with van der Waals surface area (Å²) in [6.07, 6.45) is -3.42. The van der Waals surface area contributed by atoms with Crippen molar-refractivity contribution < 1.29 is 27.6 Å². The quantitative estimate of drug-likeness (QED) is 0.637. The van der Waals surface area contributed by atoms with Crippen LogP contribution in [0.5, 0.6) is 0 Å². The van der Waals surface area contributed by atoms with E-state index in [4.69, 9.17) is 11.6 Å². The van der Waals surface area contributed by atoms with E-state index in [1.807, 2.05) is 0 Å². The van der Waals surface area contributed by atoms with Gasteiger partial charge in [0.25, 0.3) is 0 Å². The molecule has 2 aromatic carbocycles. The molecule has 3 amide bonds. The van der Waals surface area contributed by atoms with Crippen molar-refractivity contribution in [2.75, 3.05) is 16.8 Å². The van der Waals surface area contributed by atoms with Gasteiger partial charge in [-0.25, -0.2) is 4.90 Å². The van der Waals surface area contributed by atoms with Crippen LogP contribution in [0.4, 0.5) is 24.5 Å². The Labute approximate surface area is 191 Å². The SMILES string of the molecule is O=C1[C@@H]2[C@@H]3CCCN3[C@]3(C(=O)Nc4c(C(F)(F)F)cccc43)[C@H]2C(=O)N1c1ccc(Cl)cc1. The van der Waals surface area contributed by atoms with Gasteiger partial charge in [-0.15, -0.1) is 0 Å². The Morgan fingerprint density at radius 2 is 1.76 bits per heavy atom. The number of alkyl halides is 3. The fourth-order valence-corrected chi connectivity index (χ4v) is 6.44. The maximum atomic E-state index is 13.8. The third-order valence-corrected chi connectivity index (χ3v) is 7.67. The maximum absolute atomic E-state index is 13.8. The van der Waals surface area contributed by atoms with Crippen molar-refractivity contribution in [2.24, 2.45) is 11.8 Å². The van der Waals surface area contributed by atoms with Gasteiger partial charge in [0.2, 0.25) is 17.7 Å². The molecule has 0 aliphatic carbocycles. The number of carbonyl (C=O) groups is 3. The first-order chi connectivity index (χ1) is 15.7. The van der Waals surface area contributed by atoms with Crippen LogP contribution in [-0.4, -0.2) is 35.2 Å². The van der Waals surface area contributed by atoms with Crippen molar-refractivity contribution >= 4 is 40.7 Å². The highest BCUT2D eigenvalue weighted by atomic mass is 35.5. The zero-order chi connectivity index (χ0) is 23.3. The van der Waals surface area contributed by atoms with Crippen LogP contribution in [0.1, 0.15) is 24.0 Å². The molecule has 33 heavy (non-hydrogen) atoms. The summed E-state index contributed by atoms with van der Waals surface area (Å²) in [5, 5.41) is 2.86. The van der Waals surface area contributed by atoms with E-state index in [1.54, 1.807) is 29.2 Å². The molecule has 1 N–H and O–H groups in total. The summed E-state index contributed by atoms with van der Waals surface area (Å²) in [7, 11) is 0. The zero-order valence-electron chi connectivity index (χ0n) is 17.0. The van der Waals surface area contributed by atoms with Crippen LogP contribution in [0, 0.1) is 11.8 Å². The zero-order valence-corrected chi connectivity index (χ0v) is 17.8. The van der Waals surface area contributed by atoms with Gasteiger partial charge in [-0.05, 0) is 49.7 Å². The second kappa shape index (κ2) is 6.57. The van der Waals surface area contributed by atoms with Gasteiger partial charge in [-0.1, -0.05) is 23.7 Å². The third-order valence-electron chi connectivity index (χ3n) is 7.42. The molecule has 3 saturated heterocycles. The van der Waals surface area contributed by atoms with E-state index in [0.717, 1.165) is 11.0 Å². The lowest BCUT2D eigenvalue weighted by Gasteiger charge is -2.36. The van der Waals surface area contributed by atoms with Crippen molar-refractivity contribution in [3.05, 3.63) is 58.6 Å². The monoisotopic (exact) mass is 475 g/mol. The predicted octanol–water partition coefficient (Wildman–Crippen LogP) is 3.79. The van der Waals surface area contributed by atoms with E-state index in [0.29, 0.717) is 30.1 Å². The van der Waals surface area contributed by atoms with E-state index in [9.17, 15) is 27.6 Å². The topological polar surface area (TPSA) is 69.7 Å². The molecule has 2 aromatic rings. The lowest BCUT2D eigenvalue weighted by molar-refractivity contribution is -0.137. The number of carbonyl (C=O) groups excluding carboxylic acids is 3. The summed E-state index contributed by atoms with van der Waals surface area (Å²) in [4.78, 5) is 43.7. The Balaban J connectivity index is 1.56. The Morgan fingerprint density at radius 3 is 2.45 bits per heavy atom. The highest BCUT2D eigenvalue weighted by Crippen LogP contribution is 2.61. The molecule has 6 rings (SSSR count). The van der Waals surface area contributed by atoms with Crippen LogP contribution < -0.4 is 10.2 Å². The predicted molar refractivity (Wildman–Crippen MR) is 112 cm³/mol. The Hall–Kier alpha value is -2.91. The second-order valence-corrected chi connectivity index (χ2v) is 9.28. The molecule has 0 saturated carbocycles. The van der Waals surface area contributed by atoms with Gasteiger partial charge in [-0.3, -0.25) is 19.3 Å². The number of nitrogens with zero attached hydrogens (tertiary/aromatic N) is 2. The highest BCUT2D eigenvalue weighted by molar-refractivity contribution is 6.31. The summed E-state index contributed by atoms with van der Waals surface area (Å²) >= 11 is 5.95. The number of hydrogen-bond acceptors (Lipinski definition) is 4. The molecule has 10 heteroatoms. The van der Waals surface area contributed by atoms with Crippen LogP contribution in [0.2, 0.25) is 5.02 Å². The summed E-state index contributed by atoms with van der Waals surface area (Å²) < 4.78 is 41.2.